The number of rotatable bonds is 18. The summed E-state index contributed by atoms with van der Waals surface area (Å²) in [6.07, 6.45) is 8.41. The zero-order valence-corrected chi connectivity index (χ0v) is 23.9. The largest absolute Gasteiger partial charge is 0.490 e. The molecule has 216 valence electrons. The SMILES string of the molecule is O=C(CCCNCC(O)COc1cccc2ncccc12)NC(CCCc1ccccc1)CCCc1ccccc1. The minimum Gasteiger partial charge on any atom is -0.490 e. The highest BCUT2D eigenvalue weighted by molar-refractivity contribution is 5.84. The molecule has 41 heavy (non-hydrogen) atoms. The maximum atomic E-state index is 12.8. The molecule has 3 N–H and O–H groups in total. The van der Waals surface area contributed by atoms with Crippen LogP contribution in [-0.2, 0) is 17.6 Å². The monoisotopic (exact) mass is 553 g/mol. The number of hydrogen-bond donors (Lipinski definition) is 3. The third-order valence-electron chi connectivity index (χ3n) is 7.26. The summed E-state index contributed by atoms with van der Waals surface area (Å²) in [7, 11) is 0. The number of aliphatic hydroxyl groups excluding tert-OH is 1. The lowest BCUT2D eigenvalue weighted by Crippen LogP contribution is -2.36. The average molecular weight is 554 g/mol. The second kappa shape index (κ2) is 17.2. The molecule has 1 heterocycles. The molecule has 0 fully saturated rings. The Morgan fingerprint density at radius 2 is 1.49 bits per heavy atom. The maximum Gasteiger partial charge on any atom is 0.220 e. The zero-order chi connectivity index (χ0) is 28.5. The van der Waals surface area contributed by atoms with Crippen molar-refractivity contribution < 1.29 is 14.6 Å². The summed E-state index contributed by atoms with van der Waals surface area (Å²) in [5.74, 6) is 0.818. The van der Waals surface area contributed by atoms with Gasteiger partial charge < -0.3 is 20.5 Å². The van der Waals surface area contributed by atoms with E-state index in [4.69, 9.17) is 4.74 Å². The Morgan fingerprint density at radius 3 is 2.17 bits per heavy atom. The van der Waals surface area contributed by atoms with Crippen LogP contribution in [0.4, 0.5) is 0 Å². The van der Waals surface area contributed by atoms with Crippen molar-refractivity contribution in [2.45, 2.75) is 63.5 Å². The Labute approximate surface area is 244 Å². The van der Waals surface area contributed by atoms with Gasteiger partial charge in [-0.2, -0.15) is 0 Å². The topological polar surface area (TPSA) is 83.5 Å². The predicted molar refractivity (Wildman–Crippen MR) is 166 cm³/mol. The summed E-state index contributed by atoms with van der Waals surface area (Å²) in [5.41, 5.74) is 3.55. The van der Waals surface area contributed by atoms with Gasteiger partial charge in [0.1, 0.15) is 18.5 Å². The van der Waals surface area contributed by atoms with Crippen molar-refractivity contribution in [2.75, 3.05) is 19.7 Å². The molecular formula is C35H43N3O3. The summed E-state index contributed by atoms with van der Waals surface area (Å²) in [6, 6.07) is 30.8. The molecule has 0 aliphatic heterocycles. The van der Waals surface area contributed by atoms with Gasteiger partial charge in [0.25, 0.3) is 0 Å². The molecule has 6 heteroatoms. The van der Waals surface area contributed by atoms with Crippen molar-refractivity contribution in [3.05, 3.63) is 108 Å². The van der Waals surface area contributed by atoms with Crippen LogP contribution in [0.5, 0.6) is 5.75 Å². The third-order valence-corrected chi connectivity index (χ3v) is 7.26. The molecule has 4 rings (SSSR count). The fraction of sp³-hybridized carbons (Fsp3) is 0.371. The third kappa shape index (κ3) is 11.0. The fourth-order valence-corrected chi connectivity index (χ4v) is 5.07. The van der Waals surface area contributed by atoms with E-state index in [9.17, 15) is 9.90 Å². The van der Waals surface area contributed by atoms with Gasteiger partial charge in [-0.3, -0.25) is 9.78 Å². The molecule has 3 aromatic carbocycles. The maximum absolute atomic E-state index is 12.8. The highest BCUT2D eigenvalue weighted by atomic mass is 16.5. The number of aryl methyl sites for hydroxylation is 2. The van der Waals surface area contributed by atoms with Crippen LogP contribution in [0.3, 0.4) is 0 Å². The number of aliphatic hydroxyl groups is 1. The van der Waals surface area contributed by atoms with Crippen LogP contribution < -0.4 is 15.4 Å². The molecule has 0 saturated heterocycles. The van der Waals surface area contributed by atoms with E-state index in [0.717, 1.165) is 55.8 Å². The van der Waals surface area contributed by atoms with Gasteiger partial charge in [-0.05, 0) is 86.9 Å². The van der Waals surface area contributed by atoms with Gasteiger partial charge in [-0.15, -0.1) is 0 Å². The summed E-state index contributed by atoms with van der Waals surface area (Å²) in [4.78, 5) is 17.1. The van der Waals surface area contributed by atoms with E-state index in [1.54, 1.807) is 6.20 Å². The number of benzene rings is 3. The number of amides is 1. The van der Waals surface area contributed by atoms with Gasteiger partial charge in [-0.25, -0.2) is 0 Å². The van der Waals surface area contributed by atoms with Gasteiger partial charge in [0.05, 0.1) is 5.52 Å². The number of carbonyl (C=O) groups excluding carboxylic acids is 1. The number of nitrogens with one attached hydrogen (secondary N) is 2. The Bertz CT molecular complexity index is 1250. The van der Waals surface area contributed by atoms with Crippen LogP contribution in [-0.4, -0.2) is 47.8 Å². The highest BCUT2D eigenvalue weighted by Gasteiger charge is 2.13. The fourth-order valence-electron chi connectivity index (χ4n) is 5.07. The lowest BCUT2D eigenvalue weighted by molar-refractivity contribution is -0.122. The van der Waals surface area contributed by atoms with Crippen LogP contribution >= 0.6 is 0 Å². The number of nitrogens with zero attached hydrogens (tertiary/aromatic N) is 1. The van der Waals surface area contributed by atoms with Crippen LogP contribution in [0.2, 0.25) is 0 Å². The summed E-state index contributed by atoms with van der Waals surface area (Å²) >= 11 is 0. The molecule has 1 aromatic heterocycles. The van der Waals surface area contributed by atoms with Crippen LogP contribution in [0.1, 0.15) is 49.7 Å². The highest BCUT2D eigenvalue weighted by Crippen LogP contribution is 2.23. The standard InChI is InChI=1S/C35H43N3O3/c39-31(27-41-34-22-9-21-33-32(34)20-10-25-37-33)26-36-24-11-23-35(40)38-30(18-7-16-28-12-3-1-4-13-28)19-8-17-29-14-5-2-6-15-29/h1-6,9-10,12-15,20-22,25,30-31,36,39H,7-8,11,16-19,23-24,26-27H2,(H,38,40). The molecule has 0 saturated carbocycles. The van der Waals surface area contributed by atoms with E-state index >= 15 is 0 Å². The van der Waals surface area contributed by atoms with Crippen molar-refractivity contribution in [1.29, 1.82) is 0 Å². The number of aromatic nitrogens is 1. The Morgan fingerprint density at radius 1 is 0.805 bits per heavy atom. The molecule has 0 aliphatic rings. The summed E-state index contributed by atoms with van der Waals surface area (Å²) in [5, 5.41) is 17.8. The average Bonchev–Trinajstić information content (AvgIpc) is 3.01. The van der Waals surface area contributed by atoms with E-state index in [0.29, 0.717) is 25.3 Å². The molecule has 6 nitrogen and oxygen atoms in total. The smallest absolute Gasteiger partial charge is 0.220 e. The molecule has 1 unspecified atom stereocenters. The minimum absolute atomic E-state index is 0.102. The van der Waals surface area contributed by atoms with Gasteiger partial charge >= 0.3 is 0 Å². The Hall–Kier alpha value is -3.74. The first-order valence-corrected chi connectivity index (χ1v) is 14.9. The molecular weight excluding hydrogens is 510 g/mol. The summed E-state index contributed by atoms with van der Waals surface area (Å²) in [6.45, 7) is 1.26. The predicted octanol–water partition coefficient (Wildman–Crippen LogP) is 5.87. The lowest BCUT2D eigenvalue weighted by atomic mass is 9.99. The first-order valence-electron chi connectivity index (χ1n) is 14.9. The molecule has 0 aliphatic carbocycles. The van der Waals surface area contributed by atoms with E-state index in [2.05, 4.69) is 64.1 Å². The second-order valence-electron chi connectivity index (χ2n) is 10.6. The van der Waals surface area contributed by atoms with Crippen molar-refractivity contribution >= 4 is 16.8 Å². The van der Waals surface area contributed by atoms with Gasteiger partial charge in [0, 0.05) is 30.6 Å². The Kier molecular flexibility index (Phi) is 12.6. The van der Waals surface area contributed by atoms with E-state index in [-0.39, 0.29) is 18.6 Å². The van der Waals surface area contributed by atoms with Gasteiger partial charge in [0.15, 0.2) is 0 Å². The lowest BCUT2D eigenvalue weighted by Gasteiger charge is -2.19. The molecule has 0 bridgehead atoms. The molecule has 1 amide bonds. The van der Waals surface area contributed by atoms with E-state index in [1.165, 1.54) is 11.1 Å². The van der Waals surface area contributed by atoms with Crippen LogP contribution in [0, 0.1) is 0 Å². The van der Waals surface area contributed by atoms with Crippen LogP contribution in [0.25, 0.3) is 10.9 Å². The summed E-state index contributed by atoms with van der Waals surface area (Å²) < 4.78 is 5.85. The van der Waals surface area contributed by atoms with Crippen molar-refractivity contribution in [3.8, 4) is 5.75 Å². The molecule has 1 atom stereocenters. The van der Waals surface area contributed by atoms with Gasteiger partial charge in [-0.1, -0.05) is 66.7 Å². The number of pyridine rings is 1. The zero-order valence-electron chi connectivity index (χ0n) is 23.9. The molecule has 0 spiro atoms. The van der Waals surface area contributed by atoms with E-state index < -0.39 is 6.10 Å². The molecule has 0 radical (unpaired) electrons. The van der Waals surface area contributed by atoms with Crippen LogP contribution in [0.15, 0.2) is 97.2 Å². The second-order valence-corrected chi connectivity index (χ2v) is 10.6. The number of ether oxygens (including phenoxy) is 1. The van der Waals surface area contributed by atoms with Crippen molar-refractivity contribution in [2.24, 2.45) is 0 Å². The minimum atomic E-state index is -0.644. The number of fused-ring (bicyclic) bond motifs is 1. The number of carbonyl (C=O) groups is 1. The number of hydrogen-bond acceptors (Lipinski definition) is 5. The first-order chi connectivity index (χ1) is 20.2. The van der Waals surface area contributed by atoms with Crippen molar-refractivity contribution in [3.63, 3.8) is 0 Å². The molecule has 4 aromatic rings. The first kappa shape index (κ1) is 30.2. The normalized spacial score (nSPS) is 12.0. The van der Waals surface area contributed by atoms with Gasteiger partial charge in [0.2, 0.25) is 5.91 Å². The van der Waals surface area contributed by atoms with Crippen molar-refractivity contribution in [1.82, 2.24) is 15.6 Å². The van der Waals surface area contributed by atoms with E-state index in [1.807, 2.05) is 42.5 Å². The quantitative estimate of drug-likeness (QED) is 0.134. The Balaban J connectivity index is 1.13.